The van der Waals surface area contributed by atoms with Gasteiger partial charge in [0.25, 0.3) is 0 Å². The van der Waals surface area contributed by atoms with Crippen molar-refractivity contribution in [3.05, 3.63) is 65.7 Å². The predicted molar refractivity (Wildman–Crippen MR) is 96.3 cm³/mol. The van der Waals surface area contributed by atoms with Crippen molar-refractivity contribution in [2.45, 2.75) is 19.9 Å². The fraction of sp³-hybridized carbons (Fsp3) is 0.250. The van der Waals surface area contributed by atoms with Gasteiger partial charge in [0.2, 0.25) is 5.91 Å². The molecule has 0 unspecified atom stereocenters. The molecule has 0 bridgehead atoms. The molecule has 2 rings (SSSR count). The van der Waals surface area contributed by atoms with Crippen molar-refractivity contribution in [2.75, 3.05) is 13.7 Å². The standard InChI is InChI=1S/C20H23NO3/c1-15-6-4-5-7-19(15)24-14-16(2)21-20(22)13-10-17-8-11-18(23-3)12-9-17/h4-13,16H,14H2,1-3H3,(H,21,22)/b13-10+/t16-/m0/s1. The molecule has 4 heteroatoms. The zero-order valence-corrected chi connectivity index (χ0v) is 14.3. The number of hydrogen-bond donors (Lipinski definition) is 1. The van der Waals surface area contributed by atoms with Crippen molar-refractivity contribution in [1.82, 2.24) is 5.32 Å². The van der Waals surface area contributed by atoms with E-state index in [1.807, 2.05) is 62.4 Å². The molecule has 126 valence electrons. The Bertz CT molecular complexity index is 692. The third-order valence-corrected chi connectivity index (χ3v) is 3.51. The van der Waals surface area contributed by atoms with Crippen LogP contribution in [0.15, 0.2) is 54.6 Å². The number of aryl methyl sites for hydroxylation is 1. The Balaban J connectivity index is 1.80. The van der Waals surface area contributed by atoms with Gasteiger partial charge in [0.15, 0.2) is 0 Å². The van der Waals surface area contributed by atoms with Gasteiger partial charge in [-0.15, -0.1) is 0 Å². The highest BCUT2D eigenvalue weighted by atomic mass is 16.5. The SMILES string of the molecule is COc1ccc(/C=C/C(=O)N[C@@H](C)COc2ccccc2C)cc1. The van der Waals surface area contributed by atoms with E-state index in [1.165, 1.54) is 6.08 Å². The highest BCUT2D eigenvalue weighted by molar-refractivity contribution is 5.91. The lowest BCUT2D eigenvalue weighted by atomic mass is 10.2. The Morgan fingerprint density at radius 3 is 2.54 bits per heavy atom. The number of nitrogens with one attached hydrogen (secondary N) is 1. The zero-order valence-electron chi connectivity index (χ0n) is 14.3. The van der Waals surface area contributed by atoms with Gasteiger partial charge in [-0.1, -0.05) is 30.3 Å². The van der Waals surface area contributed by atoms with Gasteiger partial charge in [0.05, 0.1) is 13.2 Å². The summed E-state index contributed by atoms with van der Waals surface area (Å²) in [5, 5.41) is 2.89. The van der Waals surface area contributed by atoms with Crippen LogP contribution in [0.25, 0.3) is 6.08 Å². The van der Waals surface area contributed by atoms with Crippen molar-refractivity contribution in [3.63, 3.8) is 0 Å². The maximum atomic E-state index is 12.0. The molecule has 0 spiro atoms. The summed E-state index contributed by atoms with van der Waals surface area (Å²) in [6.45, 7) is 4.33. The van der Waals surface area contributed by atoms with Crippen molar-refractivity contribution >= 4 is 12.0 Å². The van der Waals surface area contributed by atoms with Crippen LogP contribution in [0, 0.1) is 6.92 Å². The number of benzene rings is 2. The second-order valence-electron chi connectivity index (χ2n) is 5.59. The van der Waals surface area contributed by atoms with E-state index >= 15 is 0 Å². The van der Waals surface area contributed by atoms with Crippen LogP contribution in [0.4, 0.5) is 0 Å². The van der Waals surface area contributed by atoms with Crippen LogP contribution in [-0.4, -0.2) is 25.7 Å². The number of para-hydroxylation sites is 1. The summed E-state index contributed by atoms with van der Waals surface area (Å²) < 4.78 is 10.8. The van der Waals surface area contributed by atoms with E-state index in [1.54, 1.807) is 13.2 Å². The van der Waals surface area contributed by atoms with Gasteiger partial charge in [-0.2, -0.15) is 0 Å². The molecule has 0 saturated heterocycles. The third-order valence-electron chi connectivity index (χ3n) is 3.51. The van der Waals surface area contributed by atoms with Gasteiger partial charge in [-0.05, 0) is 49.2 Å². The third kappa shape index (κ3) is 5.47. The molecule has 0 aliphatic heterocycles. The normalized spacial score (nSPS) is 12.0. The number of rotatable bonds is 7. The summed E-state index contributed by atoms with van der Waals surface area (Å²) in [5.74, 6) is 1.48. The minimum atomic E-state index is -0.147. The number of carbonyl (C=O) groups excluding carboxylic acids is 1. The molecule has 2 aromatic carbocycles. The predicted octanol–water partition coefficient (Wildman–Crippen LogP) is 3.60. The molecule has 1 N–H and O–H groups in total. The largest absolute Gasteiger partial charge is 0.497 e. The van der Waals surface area contributed by atoms with Gasteiger partial charge in [0, 0.05) is 6.08 Å². The topological polar surface area (TPSA) is 47.6 Å². The fourth-order valence-electron chi connectivity index (χ4n) is 2.15. The minimum absolute atomic E-state index is 0.0855. The first-order valence-corrected chi connectivity index (χ1v) is 7.89. The Morgan fingerprint density at radius 2 is 1.88 bits per heavy atom. The Kier molecular flexibility index (Phi) is 6.43. The molecule has 1 amide bonds. The Morgan fingerprint density at radius 1 is 1.17 bits per heavy atom. The Hall–Kier alpha value is -2.75. The maximum absolute atomic E-state index is 12.0. The van der Waals surface area contributed by atoms with Crippen LogP contribution >= 0.6 is 0 Å². The first-order valence-electron chi connectivity index (χ1n) is 7.89. The number of hydrogen-bond acceptors (Lipinski definition) is 3. The molecule has 0 aromatic heterocycles. The van der Waals surface area contributed by atoms with Crippen molar-refractivity contribution in [1.29, 1.82) is 0 Å². The number of amides is 1. The van der Waals surface area contributed by atoms with Crippen LogP contribution in [0.1, 0.15) is 18.1 Å². The number of carbonyl (C=O) groups is 1. The summed E-state index contributed by atoms with van der Waals surface area (Å²) >= 11 is 0. The number of ether oxygens (including phenoxy) is 2. The van der Waals surface area contributed by atoms with Crippen molar-refractivity contribution < 1.29 is 14.3 Å². The van der Waals surface area contributed by atoms with Crippen LogP contribution in [0.5, 0.6) is 11.5 Å². The lowest BCUT2D eigenvalue weighted by Crippen LogP contribution is -2.35. The van der Waals surface area contributed by atoms with Crippen LogP contribution in [-0.2, 0) is 4.79 Å². The van der Waals surface area contributed by atoms with Crippen LogP contribution in [0.2, 0.25) is 0 Å². The summed E-state index contributed by atoms with van der Waals surface area (Å²) in [6, 6.07) is 15.2. The molecule has 2 aromatic rings. The number of methoxy groups -OCH3 is 1. The first-order chi connectivity index (χ1) is 11.6. The lowest BCUT2D eigenvalue weighted by molar-refractivity contribution is -0.117. The second kappa shape index (κ2) is 8.77. The van der Waals surface area contributed by atoms with Crippen molar-refractivity contribution in [3.8, 4) is 11.5 Å². The molecular weight excluding hydrogens is 302 g/mol. The highest BCUT2D eigenvalue weighted by Crippen LogP contribution is 2.16. The molecule has 0 fully saturated rings. The smallest absolute Gasteiger partial charge is 0.244 e. The van der Waals surface area contributed by atoms with Gasteiger partial charge < -0.3 is 14.8 Å². The summed E-state index contributed by atoms with van der Waals surface area (Å²) in [6.07, 6.45) is 3.29. The fourth-order valence-corrected chi connectivity index (χ4v) is 2.15. The quantitative estimate of drug-likeness (QED) is 0.791. The second-order valence-corrected chi connectivity index (χ2v) is 5.59. The summed E-state index contributed by atoms with van der Waals surface area (Å²) in [4.78, 5) is 12.0. The van der Waals surface area contributed by atoms with E-state index < -0.39 is 0 Å². The minimum Gasteiger partial charge on any atom is -0.497 e. The van der Waals surface area contributed by atoms with E-state index in [4.69, 9.17) is 9.47 Å². The van der Waals surface area contributed by atoms with Gasteiger partial charge in [-0.3, -0.25) is 4.79 Å². The average Bonchev–Trinajstić information content (AvgIpc) is 2.59. The first kappa shape index (κ1) is 17.6. The van der Waals surface area contributed by atoms with Gasteiger partial charge >= 0.3 is 0 Å². The van der Waals surface area contributed by atoms with Gasteiger partial charge in [-0.25, -0.2) is 0 Å². The molecule has 0 radical (unpaired) electrons. The van der Waals surface area contributed by atoms with Gasteiger partial charge in [0.1, 0.15) is 18.1 Å². The molecule has 24 heavy (non-hydrogen) atoms. The van der Waals surface area contributed by atoms with E-state index in [0.29, 0.717) is 6.61 Å². The molecule has 0 aliphatic carbocycles. The Labute approximate surface area is 143 Å². The van der Waals surface area contributed by atoms with E-state index in [9.17, 15) is 4.79 Å². The molecule has 0 heterocycles. The van der Waals surface area contributed by atoms with Crippen LogP contribution < -0.4 is 14.8 Å². The molecule has 1 atom stereocenters. The van der Waals surface area contributed by atoms with Crippen molar-refractivity contribution in [2.24, 2.45) is 0 Å². The molecule has 4 nitrogen and oxygen atoms in total. The zero-order chi connectivity index (χ0) is 17.4. The molecular formula is C20H23NO3. The van der Waals surface area contributed by atoms with E-state index in [-0.39, 0.29) is 11.9 Å². The van der Waals surface area contributed by atoms with E-state index in [2.05, 4.69) is 5.32 Å². The average molecular weight is 325 g/mol. The van der Waals surface area contributed by atoms with Crippen LogP contribution in [0.3, 0.4) is 0 Å². The summed E-state index contributed by atoms with van der Waals surface area (Å²) in [7, 11) is 1.62. The molecule has 0 aliphatic rings. The van der Waals surface area contributed by atoms with E-state index in [0.717, 1.165) is 22.6 Å². The monoisotopic (exact) mass is 325 g/mol. The molecule has 0 saturated carbocycles. The summed E-state index contributed by atoms with van der Waals surface area (Å²) in [5.41, 5.74) is 2.02. The maximum Gasteiger partial charge on any atom is 0.244 e. The highest BCUT2D eigenvalue weighted by Gasteiger charge is 2.06. The lowest BCUT2D eigenvalue weighted by Gasteiger charge is -2.15.